The van der Waals surface area contributed by atoms with E-state index in [0.717, 1.165) is 12.1 Å². The van der Waals surface area contributed by atoms with E-state index in [2.05, 4.69) is 24.2 Å². The van der Waals surface area contributed by atoms with Crippen molar-refractivity contribution in [2.45, 2.75) is 69.6 Å². The van der Waals surface area contributed by atoms with Gasteiger partial charge in [-0.2, -0.15) is 0 Å². The lowest BCUT2D eigenvalue weighted by Gasteiger charge is -2.47. The van der Waals surface area contributed by atoms with Crippen molar-refractivity contribution < 1.29 is 9.53 Å². The molecule has 2 saturated heterocycles. The predicted octanol–water partition coefficient (Wildman–Crippen LogP) is 1.54. The number of nitrogens with one attached hydrogen (secondary N) is 1. The van der Waals surface area contributed by atoms with Gasteiger partial charge in [-0.25, -0.2) is 0 Å². The highest BCUT2D eigenvalue weighted by molar-refractivity contribution is 5.69. The van der Waals surface area contributed by atoms with E-state index in [9.17, 15) is 4.79 Å². The monoisotopic (exact) mass is 254 g/mol. The molecule has 1 N–H and O–H groups in total. The lowest BCUT2D eigenvalue weighted by atomic mass is 9.82. The van der Waals surface area contributed by atoms with Crippen LogP contribution in [0.1, 0.15) is 45.4 Å². The normalized spacial score (nSPS) is 34.1. The maximum atomic E-state index is 11.2. The van der Waals surface area contributed by atoms with Crippen LogP contribution in [0.5, 0.6) is 0 Å². The van der Waals surface area contributed by atoms with Crippen molar-refractivity contribution in [1.82, 2.24) is 10.2 Å². The average Bonchev–Trinajstić information content (AvgIpc) is 2.30. The van der Waals surface area contributed by atoms with Crippen molar-refractivity contribution in [2.75, 3.05) is 14.2 Å². The Kier molecular flexibility index (Phi) is 4.62. The highest BCUT2D eigenvalue weighted by atomic mass is 16.5. The fraction of sp³-hybridized carbons (Fsp3) is 0.929. The van der Waals surface area contributed by atoms with E-state index in [4.69, 9.17) is 4.74 Å². The van der Waals surface area contributed by atoms with Crippen LogP contribution in [0.4, 0.5) is 0 Å². The van der Waals surface area contributed by atoms with Gasteiger partial charge in [-0.3, -0.25) is 4.79 Å². The summed E-state index contributed by atoms with van der Waals surface area (Å²) >= 11 is 0. The molecule has 18 heavy (non-hydrogen) atoms. The maximum absolute atomic E-state index is 11.2. The average molecular weight is 254 g/mol. The van der Waals surface area contributed by atoms with E-state index >= 15 is 0 Å². The Labute approximate surface area is 110 Å². The zero-order valence-electron chi connectivity index (χ0n) is 11.8. The van der Waals surface area contributed by atoms with E-state index in [-0.39, 0.29) is 12.0 Å². The molecular weight excluding hydrogens is 228 g/mol. The number of ether oxygens (including phenoxy) is 1. The molecule has 2 aliphatic heterocycles. The van der Waals surface area contributed by atoms with Crippen LogP contribution in [-0.2, 0) is 9.53 Å². The van der Waals surface area contributed by atoms with Gasteiger partial charge in [0.05, 0.1) is 13.5 Å². The highest BCUT2D eigenvalue weighted by Gasteiger charge is 2.36. The third-order valence-electron chi connectivity index (χ3n) is 4.56. The number of nitrogens with zero attached hydrogens (tertiary/aromatic N) is 1. The van der Waals surface area contributed by atoms with Crippen molar-refractivity contribution in [2.24, 2.45) is 0 Å². The molecule has 0 radical (unpaired) electrons. The zero-order valence-corrected chi connectivity index (χ0v) is 11.8. The Balaban J connectivity index is 1.82. The first-order chi connectivity index (χ1) is 8.60. The molecule has 0 aromatic rings. The smallest absolute Gasteiger partial charge is 0.307 e. The van der Waals surface area contributed by atoms with E-state index in [1.807, 2.05) is 0 Å². The molecular formula is C14H26N2O2. The molecule has 0 amide bonds. The number of carbonyl (C=O) groups is 1. The molecule has 104 valence electrons. The summed E-state index contributed by atoms with van der Waals surface area (Å²) in [7, 11) is 3.72. The van der Waals surface area contributed by atoms with Gasteiger partial charge in [0, 0.05) is 24.2 Å². The Morgan fingerprint density at radius 2 is 2.00 bits per heavy atom. The number of fused-ring (bicyclic) bond motifs is 2. The molecule has 2 bridgehead atoms. The van der Waals surface area contributed by atoms with Gasteiger partial charge < -0.3 is 15.0 Å². The highest BCUT2D eigenvalue weighted by Crippen LogP contribution is 2.32. The van der Waals surface area contributed by atoms with Crippen LogP contribution in [0, 0.1) is 0 Å². The Morgan fingerprint density at radius 3 is 2.56 bits per heavy atom. The van der Waals surface area contributed by atoms with Gasteiger partial charge in [0.15, 0.2) is 0 Å². The molecule has 2 fully saturated rings. The van der Waals surface area contributed by atoms with Gasteiger partial charge in [-0.1, -0.05) is 6.42 Å². The zero-order chi connectivity index (χ0) is 13.1. The molecule has 2 rings (SSSR count). The maximum Gasteiger partial charge on any atom is 0.307 e. The summed E-state index contributed by atoms with van der Waals surface area (Å²) in [4.78, 5) is 13.8. The molecule has 2 heterocycles. The second-order valence-electron chi connectivity index (χ2n) is 5.92. The summed E-state index contributed by atoms with van der Waals surface area (Å²) in [5.41, 5.74) is 0. The predicted molar refractivity (Wildman–Crippen MR) is 71.4 cm³/mol. The minimum atomic E-state index is -0.122. The third kappa shape index (κ3) is 3.23. The van der Waals surface area contributed by atoms with Gasteiger partial charge in [0.25, 0.3) is 0 Å². The molecule has 0 spiro atoms. The number of methoxy groups -OCH3 is 1. The molecule has 0 aromatic carbocycles. The summed E-state index contributed by atoms with van der Waals surface area (Å²) in [5, 5.41) is 3.61. The van der Waals surface area contributed by atoms with Crippen molar-refractivity contribution >= 4 is 5.97 Å². The van der Waals surface area contributed by atoms with Gasteiger partial charge in [0.1, 0.15) is 0 Å². The number of hydrogen-bond acceptors (Lipinski definition) is 4. The summed E-state index contributed by atoms with van der Waals surface area (Å²) in [6.45, 7) is 2.07. The van der Waals surface area contributed by atoms with Gasteiger partial charge in [0.2, 0.25) is 0 Å². The van der Waals surface area contributed by atoms with Crippen molar-refractivity contribution in [3.8, 4) is 0 Å². The van der Waals surface area contributed by atoms with E-state index in [1.165, 1.54) is 39.2 Å². The second-order valence-corrected chi connectivity index (χ2v) is 5.92. The first-order valence-corrected chi connectivity index (χ1v) is 7.15. The van der Waals surface area contributed by atoms with Crippen molar-refractivity contribution in [1.29, 1.82) is 0 Å². The van der Waals surface area contributed by atoms with Crippen molar-refractivity contribution in [3.63, 3.8) is 0 Å². The molecule has 0 saturated carbocycles. The Bertz CT molecular complexity index is 282. The molecule has 3 atom stereocenters. The molecule has 3 unspecified atom stereocenters. The van der Waals surface area contributed by atoms with Crippen LogP contribution in [0.3, 0.4) is 0 Å². The van der Waals surface area contributed by atoms with Crippen LogP contribution in [0.15, 0.2) is 0 Å². The van der Waals surface area contributed by atoms with E-state index < -0.39 is 0 Å². The standard InChI is InChI=1S/C14H26N2O2/c1-10(7-14(17)18-3)15-11-8-12-5-4-6-13(9-11)16(12)2/h10-13,15H,4-9H2,1-3H3. The van der Waals surface area contributed by atoms with E-state index in [0.29, 0.717) is 12.5 Å². The number of esters is 1. The molecule has 4 nitrogen and oxygen atoms in total. The molecule has 0 aromatic heterocycles. The lowest BCUT2D eigenvalue weighted by molar-refractivity contribution is -0.141. The number of hydrogen-bond donors (Lipinski definition) is 1. The minimum Gasteiger partial charge on any atom is -0.469 e. The Hall–Kier alpha value is -0.610. The second kappa shape index (κ2) is 6.02. The SMILES string of the molecule is COC(=O)CC(C)NC1CC2CCCC(C1)N2C. The van der Waals surface area contributed by atoms with Crippen LogP contribution in [0.2, 0.25) is 0 Å². The summed E-state index contributed by atoms with van der Waals surface area (Å²) < 4.78 is 4.71. The number of carbonyl (C=O) groups excluding carboxylic acids is 1. The fourth-order valence-electron chi connectivity index (χ4n) is 3.55. The van der Waals surface area contributed by atoms with Crippen LogP contribution in [-0.4, -0.2) is 49.2 Å². The van der Waals surface area contributed by atoms with Crippen LogP contribution in [0.25, 0.3) is 0 Å². The number of piperidine rings is 2. The topological polar surface area (TPSA) is 41.6 Å². The van der Waals surface area contributed by atoms with Crippen LogP contribution >= 0.6 is 0 Å². The lowest BCUT2D eigenvalue weighted by Crippen LogP contribution is -2.55. The molecule has 0 aliphatic carbocycles. The van der Waals surface area contributed by atoms with Crippen molar-refractivity contribution in [3.05, 3.63) is 0 Å². The van der Waals surface area contributed by atoms with Gasteiger partial charge >= 0.3 is 5.97 Å². The molecule has 4 heteroatoms. The summed E-state index contributed by atoms with van der Waals surface area (Å²) in [6.07, 6.45) is 6.95. The largest absolute Gasteiger partial charge is 0.469 e. The fourth-order valence-corrected chi connectivity index (χ4v) is 3.55. The quantitative estimate of drug-likeness (QED) is 0.773. The summed E-state index contributed by atoms with van der Waals surface area (Å²) in [5.74, 6) is -0.122. The third-order valence-corrected chi connectivity index (χ3v) is 4.56. The van der Waals surface area contributed by atoms with Gasteiger partial charge in [-0.15, -0.1) is 0 Å². The van der Waals surface area contributed by atoms with Gasteiger partial charge in [-0.05, 0) is 39.7 Å². The summed E-state index contributed by atoms with van der Waals surface area (Å²) in [6, 6.07) is 2.25. The van der Waals surface area contributed by atoms with Crippen LogP contribution < -0.4 is 5.32 Å². The Morgan fingerprint density at radius 1 is 1.39 bits per heavy atom. The first kappa shape index (κ1) is 13.8. The first-order valence-electron chi connectivity index (χ1n) is 7.15. The minimum absolute atomic E-state index is 0.122. The molecule has 2 aliphatic rings. The van der Waals surface area contributed by atoms with E-state index in [1.54, 1.807) is 0 Å². The number of rotatable bonds is 4.